The van der Waals surface area contributed by atoms with Crippen LogP contribution < -0.4 is 5.73 Å². The molecule has 0 amide bonds. The van der Waals surface area contributed by atoms with Gasteiger partial charge in [0.25, 0.3) is 5.69 Å². The Balaban J connectivity index is 2.95. The van der Waals surface area contributed by atoms with E-state index in [4.69, 9.17) is 5.73 Å². The third-order valence-corrected chi connectivity index (χ3v) is 2.27. The summed E-state index contributed by atoms with van der Waals surface area (Å²) < 4.78 is 0. The first-order valence-electron chi connectivity index (χ1n) is 4.66. The summed E-state index contributed by atoms with van der Waals surface area (Å²) >= 11 is 0. The summed E-state index contributed by atoms with van der Waals surface area (Å²) in [7, 11) is 0. The van der Waals surface area contributed by atoms with Crippen molar-refractivity contribution in [2.24, 2.45) is 5.73 Å². The minimum Gasteiger partial charge on any atom is -0.391 e. The number of nitrogens with zero attached hydrogens (tertiary/aromatic N) is 1. The highest BCUT2D eigenvalue weighted by Gasteiger charge is 2.11. The fourth-order valence-corrected chi connectivity index (χ4v) is 1.33. The van der Waals surface area contributed by atoms with Crippen LogP contribution in [0.25, 0.3) is 0 Å². The summed E-state index contributed by atoms with van der Waals surface area (Å²) in [4.78, 5) is 10.1. The fourth-order valence-electron chi connectivity index (χ4n) is 1.33. The molecule has 0 aliphatic heterocycles. The molecule has 3 N–H and O–H groups in total. The van der Waals surface area contributed by atoms with Crippen LogP contribution in [0.4, 0.5) is 5.69 Å². The maximum Gasteiger partial charge on any atom is 0.269 e. The van der Waals surface area contributed by atoms with Crippen LogP contribution in [0.1, 0.15) is 11.1 Å². The summed E-state index contributed by atoms with van der Waals surface area (Å²) in [6.45, 7) is 2.00. The Morgan fingerprint density at radius 2 is 2.27 bits per heavy atom. The van der Waals surface area contributed by atoms with Crippen molar-refractivity contribution in [1.82, 2.24) is 0 Å². The number of aliphatic hydroxyl groups is 1. The van der Waals surface area contributed by atoms with E-state index in [1.807, 2.05) is 6.92 Å². The van der Waals surface area contributed by atoms with Crippen molar-refractivity contribution in [3.05, 3.63) is 39.4 Å². The Morgan fingerprint density at radius 3 is 2.80 bits per heavy atom. The molecule has 5 heteroatoms. The van der Waals surface area contributed by atoms with Crippen LogP contribution in [0, 0.1) is 17.0 Å². The molecule has 15 heavy (non-hydrogen) atoms. The Bertz CT molecular complexity index is 366. The van der Waals surface area contributed by atoms with Gasteiger partial charge in [0.15, 0.2) is 0 Å². The normalized spacial score (nSPS) is 12.5. The Hall–Kier alpha value is -1.46. The first kappa shape index (κ1) is 11.6. The highest BCUT2D eigenvalue weighted by molar-refractivity contribution is 5.39. The lowest BCUT2D eigenvalue weighted by molar-refractivity contribution is -0.384. The van der Waals surface area contributed by atoms with E-state index >= 15 is 0 Å². The van der Waals surface area contributed by atoms with Crippen molar-refractivity contribution >= 4 is 5.69 Å². The van der Waals surface area contributed by atoms with E-state index in [0.29, 0.717) is 6.42 Å². The summed E-state index contributed by atoms with van der Waals surface area (Å²) in [6, 6.07) is 4.61. The third-order valence-electron chi connectivity index (χ3n) is 2.27. The number of hydrogen-bond donors (Lipinski definition) is 2. The molecule has 1 aromatic carbocycles. The molecule has 0 saturated heterocycles. The van der Waals surface area contributed by atoms with Gasteiger partial charge in [-0.2, -0.15) is 0 Å². The van der Waals surface area contributed by atoms with Gasteiger partial charge in [0, 0.05) is 25.1 Å². The second-order valence-corrected chi connectivity index (χ2v) is 3.46. The maximum absolute atomic E-state index is 10.5. The molecule has 1 rings (SSSR count). The van der Waals surface area contributed by atoms with Crippen molar-refractivity contribution in [1.29, 1.82) is 0 Å². The number of non-ortho nitro benzene ring substituents is 1. The Morgan fingerprint density at radius 1 is 1.60 bits per heavy atom. The molecule has 1 aromatic rings. The number of benzene rings is 1. The van der Waals surface area contributed by atoms with Crippen LogP contribution in [-0.2, 0) is 6.42 Å². The van der Waals surface area contributed by atoms with E-state index in [-0.39, 0.29) is 12.2 Å². The van der Waals surface area contributed by atoms with Crippen LogP contribution in [0.2, 0.25) is 0 Å². The van der Waals surface area contributed by atoms with E-state index in [1.165, 1.54) is 12.1 Å². The van der Waals surface area contributed by atoms with Gasteiger partial charge in [0.1, 0.15) is 0 Å². The van der Waals surface area contributed by atoms with Crippen LogP contribution in [-0.4, -0.2) is 22.7 Å². The number of hydrogen-bond acceptors (Lipinski definition) is 4. The van der Waals surface area contributed by atoms with Crippen molar-refractivity contribution < 1.29 is 10.0 Å². The number of aliphatic hydroxyl groups excluding tert-OH is 1. The number of aryl methyl sites for hydroxylation is 1. The lowest BCUT2D eigenvalue weighted by Gasteiger charge is -2.09. The van der Waals surface area contributed by atoms with Gasteiger partial charge in [-0.25, -0.2) is 0 Å². The monoisotopic (exact) mass is 210 g/mol. The maximum atomic E-state index is 10.5. The van der Waals surface area contributed by atoms with Crippen molar-refractivity contribution in [3.8, 4) is 0 Å². The Labute approximate surface area is 87.7 Å². The number of nitro groups is 1. The fraction of sp³-hybridized carbons (Fsp3) is 0.400. The minimum atomic E-state index is -0.647. The van der Waals surface area contributed by atoms with E-state index in [2.05, 4.69) is 0 Å². The average Bonchev–Trinajstić information content (AvgIpc) is 2.20. The smallest absolute Gasteiger partial charge is 0.269 e. The zero-order chi connectivity index (χ0) is 11.4. The van der Waals surface area contributed by atoms with Gasteiger partial charge >= 0.3 is 0 Å². The second-order valence-electron chi connectivity index (χ2n) is 3.46. The molecule has 0 bridgehead atoms. The van der Waals surface area contributed by atoms with E-state index in [1.54, 1.807) is 6.07 Å². The summed E-state index contributed by atoms with van der Waals surface area (Å²) in [6.07, 6.45) is -0.296. The first-order chi connectivity index (χ1) is 7.04. The lowest BCUT2D eigenvalue weighted by atomic mass is 10.0. The van der Waals surface area contributed by atoms with Crippen molar-refractivity contribution in [3.63, 3.8) is 0 Å². The first-order valence-corrected chi connectivity index (χ1v) is 4.66. The predicted molar refractivity (Wildman–Crippen MR) is 56.6 cm³/mol. The van der Waals surface area contributed by atoms with Gasteiger partial charge < -0.3 is 10.8 Å². The largest absolute Gasteiger partial charge is 0.391 e. The van der Waals surface area contributed by atoms with Crippen LogP contribution in [0.15, 0.2) is 18.2 Å². The molecule has 0 aliphatic carbocycles. The minimum absolute atomic E-state index is 0.0415. The lowest BCUT2D eigenvalue weighted by Crippen LogP contribution is -2.22. The zero-order valence-electron chi connectivity index (χ0n) is 8.51. The molecule has 0 aliphatic rings. The predicted octanol–water partition coefficient (Wildman–Crippen LogP) is 0.765. The van der Waals surface area contributed by atoms with Crippen molar-refractivity contribution in [2.45, 2.75) is 19.4 Å². The van der Waals surface area contributed by atoms with Gasteiger partial charge in [-0.05, 0) is 18.1 Å². The molecule has 0 heterocycles. The molecule has 0 radical (unpaired) electrons. The number of nitro benzene ring substituents is 1. The topological polar surface area (TPSA) is 89.4 Å². The van der Waals surface area contributed by atoms with Gasteiger partial charge in [-0.3, -0.25) is 10.1 Å². The standard InChI is InChI=1S/C10H14N2O3/c1-7-2-3-9(12(14)15)4-8(7)5-10(13)6-11/h2-4,10,13H,5-6,11H2,1H3. The van der Waals surface area contributed by atoms with Gasteiger partial charge in [0.05, 0.1) is 11.0 Å². The third kappa shape index (κ3) is 3.00. The Kier molecular flexibility index (Phi) is 3.76. The zero-order valence-corrected chi connectivity index (χ0v) is 8.51. The molecule has 1 unspecified atom stereocenters. The highest BCUT2D eigenvalue weighted by atomic mass is 16.6. The molecule has 0 fully saturated rings. The van der Waals surface area contributed by atoms with Gasteiger partial charge in [-0.1, -0.05) is 6.07 Å². The quantitative estimate of drug-likeness (QED) is 0.567. The average molecular weight is 210 g/mol. The molecule has 0 aromatic heterocycles. The molecule has 1 atom stereocenters. The second kappa shape index (κ2) is 4.86. The van der Waals surface area contributed by atoms with Crippen LogP contribution >= 0.6 is 0 Å². The van der Waals surface area contributed by atoms with Crippen molar-refractivity contribution in [2.75, 3.05) is 6.54 Å². The molecule has 0 spiro atoms. The SMILES string of the molecule is Cc1ccc([N+](=O)[O-])cc1CC(O)CN. The molecule has 82 valence electrons. The number of nitrogens with two attached hydrogens (primary N) is 1. The molecular weight excluding hydrogens is 196 g/mol. The van der Waals surface area contributed by atoms with E-state index in [0.717, 1.165) is 11.1 Å². The number of rotatable bonds is 4. The van der Waals surface area contributed by atoms with E-state index < -0.39 is 11.0 Å². The summed E-state index contributed by atoms with van der Waals surface area (Å²) in [5.41, 5.74) is 7.02. The van der Waals surface area contributed by atoms with Gasteiger partial charge in [-0.15, -0.1) is 0 Å². The van der Waals surface area contributed by atoms with Crippen LogP contribution in [0.3, 0.4) is 0 Å². The molecule has 0 saturated carbocycles. The summed E-state index contributed by atoms with van der Waals surface area (Å²) in [5.74, 6) is 0. The van der Waals surface area contributed by atoms with Gasteiger partial charge in [0.2, 0.25) is 0 Å². The molecule has 5 nitrogen and oxygen atoms in total. The molecular formula is C10H14N2O3. The summed E-state index contributed by atoms with van der Waals surface area (Å²) in [5, 5.41) is 19.9. The highest BCUT2D eigenvalue weighted by Crippen LogP contribution is 2.18. The van der Waals surface area contributed by atoms with Crippen LogP contribution in [0.5, 0.6) is 0 Å². The van der Waals surface area contributed by atoms with E-state index in [9.17, 15) is 15.2 Å².